The van der Waals surface area contributed by atoms with Crippen molar-refractivity contribution < 1.29 is 19.2 Å². The molecule has 2 rings (SSSR count). The van der Waals surface area contributed by atoms with Gasteiger partial charge in [0.05, 0.1) is 12.5 Å². The molecular formula is C11H16N4O4. The van der Waals surface area contributed by atoms with E-state index in [1.165, 1.54) is 0 Å². The fourth-order valence-corrected chi connectivity index (χ4v) is 1.87. The molecule has 2 N–H and O–H groups in total. The van der Waals surface area contributed by atoms with Gasteiger partial charge in [0.15, 0.2) is 5.82 Å². The number of carboxylic acid groups (broad SMARTS) is 1. The average Bonchev–Trinajstić information content (AvgIpc) is 2.70. The molecule has 1 atom stereocenters. The van der Waals surface area contributed by atoms with E-state index in [4.69, 9.17) is 9.63 Å². The summed E-state index contributed by atoms with van der Waals surface area (Å²) in [5.74, 6) is -0.367. The van der Waals surface area contributed by atoms with E-state index < -0.39 is 11.9 Å². The molecule has 1 aliphatic rings. The van der Waals surface area contributed by atoms with Crippen LogP contribution in [0.1, 0.15) is 18.6 Å². The molecule has 1 aliphatic heterocycles. The molecule has 0 saturated carbocycles. The number of hydrogen-bond acceptors (Lipinski definition) is 5. The summed E-state index contributed by atoms with van der Waals surface area (Å²) < 4.78 is 4.86. The molecule has 19 heavy (non-hydrogen) atoms. The van der Waals surface area contributed by atoms with Crippen molar-refractivity contribution in [2.24, 2.45) is 11.8 Å². The van der Waals surface area contributed by atoms with Crippen molar-refractivity contribution in [2.75, 3.05) is 13.1 Å². The zero-order valence-electron chi connectivity index (χ0n) is 10.8. The highest BCUT2D eigenvalue weighted by Gasteiger charge is 2.37. The summed E-state index contributed by atoms with van der Waals surface area (Å²) in [6, 6.07) is -0.246. The number of nitrogens with zero attached hydrogens (tertiary/aromatic N) is 3. The van der Waals surface area contributed by atoms with Gasteiger partial charge in [-0.3, -0.25) is 4.79 Å². The number of likely N-dealkylation sites (tertiary alicyclic amines) is 1. The van der Waals surface area contributed by atoms with E-state index in [2.05, 4.69) is 15.5 Å². The lowest BCUT2D eigenvalue weighted by Gasteiger charge is -2.40. The summed E-state index contributed by atoms with van der Waals surface area (Å²) >= 11 is 0. The maximum absolute atomic E-state index is 11.7. The van der Waals surface area contributed by atoms with Gasteiger partial charge in [-0.25, -0.2) is 4.79 Å². The standard InChI is InChI=1S/C11H16N4O4/c1-6(10(16)17)8-4-15(5-8)11(18)12-3-9-13-7(2)14-19-9/h6,8H,3-5H2,1-2H3,(H,12,18)(H,16,17). The first kappa shape index (κ1) is 13.3. The van der Waals surface area contributed by atoms with Gasteiger partial charge in [0, 0.05) is 19.0 Å². The first-order chi connectivity index (χ1) is 8.97. The lowest BCUT2D eigenvalue weighted by Crippen LogP contribution is -2.56. The number of urea groups is 1. The lowest BCUT2D eigenvalue weighted by atomic mass is 9.87. The number of hydrogen-bond donors (Lipinski definition) is 2. The Bertz CT molecular complexity index is 481. The topological polar surface area (TPSA) is 109 Å². The monoisotopic (exact) mass is 268 g/mol. The normalized spacial score (nSPS) is 16.8. The number of carbonyl (C=O) groups is 2. The minimum absolute atomic E-state index is 0.0221. The van der Waals surface area contributed by atoms with Crippen molar-refractivity contribution in [1.29, 1.82) is 0 Å². The van der Waals surface area contributed by atoms with Crippen LogP contribution >= 0.6 is 0 Å². The molecule has 1 saturated heterocycles. The second-order valence-electron chi connectivity index (χ2n) is 4.69. The zero-order valence-corrected chi connectivity index (χ0v) is 10.8. The van der Waals surface area contributed by atoms with Crippen LogP contribution in [-0.2, 0) is 11.3 Å². The number of rotatable bonds is 4. The van der Waals surface area contributed by atoms with Gasteiger partial charge in [-0.05, 0) is 6.92 Å². The smallest absolute Gasteiger partial charge is 0.317 e. The Balaban J connectivity index is 1.73. The van der Waals surface area contributed by atoms with E-state index in [9.17, 15) is 9.59 Å². The maximum Gasteiger partial charge on any atom is 0.317 e. The van der Waals surface area contributed by atoms with Gasteiger partial charge in [-0.15, -0.1) is 0 Å². The van der Waals surface area contributed by atoms with Crippen molar-refractivity contribution in [1.82, 2.24) is 20.4 Å². The van der Waals surface area contributed by atoms with Gasteiger partial charge in [0.1, 0.15) is 0 Å². The molecular weight excluding hydrogens is 252 g/mol. The molecule has 0 spiro atoms. The van der Waals surface area contributed by atoms with Crippen LogP contribution in [0.5, 0.6) is 0 Å². The van der Waals surface area contributed by atoms with Crippen LogP contribution in [0.3, 0.4) is 0 Å². The Morgan fingerprint density at radius 2 is 2.26 bits per heavy atom. The van der Waals surface area contributed by atoms with Crippen LogP contribution in [0.4, 0.5) is 4.79 Å². The maximum atomic E-state index is 11.7. The predicted octanol–water partition coefficient (Wildman–Crippen LogP) is 0.240. The molecule has 1 fully saturated rings. The molecule has 2 amide bonds. The van der Waals surface area contributed by atoms with Crippen molar-refractivity contribution in [3.05, 3.63) is 11.7 Å². The quantitative estimate of drug-likeness (QED) is 0.809. The molecule has 104 valence electrons. The van der Waals surface area contributed by atoms with Gasteiger partial charge >= 0.3 is 12.0 Å². The Labute approximate surface area is 109 Å². The second-order valence-corrected chi connectivity index (χ2v) is 4.69. The molecule has 8 nitrogen and oxygen atoms in total. The minimum Gasteiger partial charge on any atom is -0.481 e. The summed E-state index contributed by atoms with van der Waals surface area (Å²) in [5.41, 5.74) is 0. The molecule has 0 radical (unpaired) electrons. The first-order valence-electron chi connectivity index (χ1n) is 6.02. The van der Waals surface area contributed by atoms with Crippen molar-refractivity contribution in [3.8, 4) is 0 Å². The van der Waals surface area contributed by atoms with Crippen molar-refractivity contribution >= 4 is 12.0 Å². The van der Waals surface area contributed by atoms with E-state index in [1.54, 1.807) is 18.7 Å². The molecule has 0 bridgehead atoms. The largest absolute Gasteiger partial charge is 0.481 e. The molecule has 2 heterocycles. The van der Waals surface area contributed by atoms with Gasteiger partial charge in [-0.2, -0.15) is 4.98 Å². The van der Waals surface area contributed by atoms with Crippen LogP contribution in [0, 0.1) is 18.8 Å². The fraction of sp³-hybridized carbons (Fsp3) is 0.636. The van der Waals surface area contributed by atoms with E-state index in [0.29, 0.717) is 24.8 Å². The molecule has 1 unspecified atom stereocenters. The van der Waals surface area contributed by atoms with Crippen LogP contribution < -0.4 is 5.32 Å². The number of aliphatic carboxylic acids is 1. The summed E-state index contributed by atoms with van der Waals surface area (Å²) in [5, 5.41) is 15.1. The highest BCUT2D eigenvalue weighted by atomic mass is 16.5. The van der Waals surface area contributed by atoms with E-state index in [-0.39, 0.29) is 18.5 Å². The molecule has 0 aromatic carbocycles. The number of aromatic nitrogens is 2. The molecule has 8 heteroatoms. The first-order valence-corrected chi connectivity index (χ1v) is 6.02. The molecule has 1 aromatic heterocycles. The summed E-state index contributed by atoms with van der Waals surface area (Å²) in [7, 11) is 0. The Morgan fingerprint density at radius 1 is 1.58 bits per heavy atom. The summed E-state index contributed by atoms with van der Waals surface area (Å²) in [6.45, 7) is 4.45. The van der Waals surface area contributed by atoms with E-state index in [1.807, 2.05) is 0 Å². The Morgan fingerprint density at radius 3 is 2.79 bits per heavy atom. The highest BCUT2D eigenvalue weighted by molar-refractivity contribution is 5.76. The third-order valence-corrected chi connectivity index (χ3v) is 3.25. The number of nitrogens with one attached hydrogen (secondary N) is 1. The van der Waals surface area contributed by atoms with Gasteiger partial charge in [-0.1, -0.05) is 12.1 Å². The van der Waals surface area contributed by atoms with Gasteiger partial charge in [0.2, 0.25) is 5.89 Å². The average molecular weight is 268 g/mol. The molecule has 0 aliphatic carbocycles. The SMILES string of the molecule is Cc1noc(CNC(=O)N2CC(C(C)C(=O)O)C2)n1. The number of aryl methyl sites for hydroxylation is 1. The van der Waals surface area contributed by atoms with E-state index in [0.717, 1.165) is 0 Å². The van der Waals surface area contributed by atoms with Crippen molar-refractivity contribution in [3.63, 3.8) is 0 Å². The zero-order chi connectivity index (χ0) is 14.0. The lowest BCUT2D eigenvalue weighted by molar-refractivity contribution is -0.144. The Hall–Kier alpha value is -2.12. The highest BCUT2D eigenvalue weighted by Crippen LogP contribution is 2.23. The fourth-order valence-electron chi connectivity index (χ4n) is 1.87. The van der Waals surface area contributed by atoms with E-state index >= 15 is 0 Å². The Kier molecular flexibility index (Phi) is 3.68. The second kappa shape index (κ2) is 5.25. The molecule has 1 aromatic rings. The van der Waals surface area contributed by atoms with Crippen molar-refractivity contribution in [2.45, 2.75) is 20.4 Å². The number of carbonyl (C=O) groups excluding carboxylic acids is 1. The minimum atomic E-state index is -0.827. The third kappa shape index (κ3) is 3.01. The number of carboxylic acids is 1. The third-order valence-electron chi connectivity index (χ3n) is 3.25. The van der Waals surface area contributed by atoms with Crippen LogP contribution in [0.25, 0.3) is 0 Å². The van der Waals surface area contributed by atoms with Crippen LogP contribution in [0.15, 0.2) is 4.52 Å². The predicted molar refractivity (Wildman–Crippen MR) is 63.1 cm³/mol. The number of amides is 2. The summed E-state index contributed by atoms with van der Waals surface area (Å²) in [4.78, 5) is 28.0. The van der Waals surface area contributed by atoms with Crippen LogP contribution in [-0.4, -0.2) is 45.2 Å². The van der Waals surface area contributed by atoms with Gasteiger partial charge in [0.25, 0.3) is 0 Å². The summed E-state index contributed by atoms with van der Waals surface area (Å²) in [6.07, 6.45) is 0. The van der Waals surface area contributed by atoms with Crippen LogP contribution in [0.2, 0.25) is 0 Å². The van der Waals surface area contributed by atoms with Gasteiger partial charge < -0.3 is 19.8 Å².